The van der Waals surface area contributed by atoms with Crippen LogP contribution in [0.25, 0.3) is 0 Å². The van der Waals surface area contributed by atoms with Gasteiger partial charge in [-0.25, -0.2) is 13.4 Å². The Balaban J connectivity index is 1.65. The van der Waals surface area contributed by atoms with Crippen molar-refractivity contribution in [3.63, 3.8) is 0 Å². The first-order chi connectivity index (χ1) is 12.8. The van der Waals surface area contributed by atoms with E-state index in [2.05, 4.69) is 10.3 Å². The van der Waals surface area contributed by atoms with E-state index in [0.717, 1.165) is 19.2 Å². The maximum Gasteiger partial charge on any atom is 0.261 e. The van der Waals surface area contributed by atoms with E-state index in [1.807, 2.05) is 10.8 Å². The van der Waals surface area contributed by atoms with Crippen LogP contribution in [0.3, 0.4) is 0 Å². The number of hydrogen-bond donors (Lipinski definition) is 1. The SMILES string of the molecule is CS(=O)(=O)N1CCC(C(=O)NCCCn2ccnc2)Oc2ccc(Cl)cc21. The molecule has 1 aliphatic heterocycles. The van der Waals surface area contributed by atoms with Crippen LogP contribution in [0.5, 0.6) is 5.75 Å². The zero-order valence-corrected chi connectivity index (χ0v) is 16.4. The highest BCUT2D eigenvalue weighted by atomic mass is 35.5. The minimum atomic E-state index is -3.52. The summed E-state index contributed by atoms with van der Waals surface area (Å²) in [6, 6.07) is 4.72. The number of ether oxygens (including phenoxy) is 1. The molecule has 8 nitrogen and oxygen atoms in total. The molecule has 0 radical (unpaired) electrons. The minimum Gasteiger partial charge on any atom is -0.478 e. The van der Waals surface area contributed by atoms with Gasteiger partial charge in [0.1, 0.15) is 5.75 Å². The van der Waals surface area contributed by atoms with Gasteiger partial charge in [0.15, 0.2) is 6.10 Å². The van der Waals surface area contributed by atoms with Crippen molar-refractivity contribution in [2.24, 2.45) is 0 Å². The topological polar surface area (TPSA) is 93.5 Å². The molecule has 1 aromatic heterocycles. The maximum absolute atomic E-state index is 12.5. The Kier molecular flexibility index (Phi) is 5.91. The van der Waals surface area contributed by atoms with Gasteiger partial charge in [-0.2, -0.15) is 0 Å². The van der Waals surface area contributed by atoms with Crippen LogP contribution in [0.15, 0.2) is 36.9 Å². The maximum atomic E-state index is 12.5. The van der Waals surface area contributed by atoms with Gasteiger partial charge in [-0.1, -0.05) is 11.6 Å². The molecular weight excluding hydrogens is 392 g/mol. The highest BCUT2D eigenvalue weighted by Crippen LogP contribution is 2.36. The quantitative estimate of drug-likeness (QED) is 0.728. The van der Waals surface area contributed by atoms with Gasteiger partial charge >= 0.3 is 0 Å². The zero-order chi connectivity index (χ0) is 19.4. The number of nitrogens with one attached hydrogen (secondary N) is 1. The molecule has 0 spiro atoms. The first-order valence-electron chi connectivity index (χ1n) is 8.52. The van der Waals surface area contributed by atoms with Gasteiger partial charge in [0.25, 0.3) is 5.91 Å². The molecule has 1 aliphatic rings. The molecule has 27 heavy (non-hydrogen) atoms. The van der Waals surface area contributed by atoms with Crippen molar-refractivity contribution in [3.05, 3.63) is 41.9 Å². The number of carbonyl (C=O) groups is 1. The molecule has 1 amide bonds. The number of aryl methyl sites for hydroxylation is 1. The van der Waals surface area contributed by atoms with Gasteiger partial charge in [0.2, 0.25) is 10.0 Å². The molecule has 10 heteroatoms. The van der Waals surface area contributed by atoms with E-state index < -0.39 is 16.1 Å². The summed E-state index contributed by atoms with van der Waals surface area (Å²) in [6.07, 6.45) is 6.62. The molecule has 2 heterocycles. The second-order valence-electron chi connectivity index (χ2n) is 6.29. The van der Waals surface area contributed by atoms with E-state index in [9.17, 15) is 13.2 Å². The number of benzene rings is 1. The molecule has 0 fully saturated rings. The first-order valence-corrected chi connectivity index (χ1v) is 10.7. The summed E-state index contributed by atoms with van der Waals surface area (Å²) >= 11 is 6.01. The summed E-state index contributed by atoms with van der Waals surface area (Å²) in [4.78, 5) is 16.5. The van der Waals surface area contributed by atoms with E-state index >= 15 is 0 Å². The van der Waals surface area contributed by atoms with Crippen molar-refractivity contribution in [3.8, 4) is 5.75 Å². The third kappa shape index (κ3) is 4.92. The third-order valence-electron chi connectivity index (χ3n) is 4.20. The van der Waals surface area contributed by atoms with E-state index in [4.69, 9.17) is 16.3 Å². The minimum absolute atomic E-state index is 0.138. The van der Waals surface area contributed by atoms with Crippen LogP contribution in [0, 0.1) is 0 Å². The zero-order valence-electron chi connectivity index (χ0n) is 14.8. The van der Waals surface area contributed by atoms with E-state index in [0.29, 0.717) is 23.0 Å². The Hall–Kier alpha value is -2.26. The van der Waals surface area contributed by atoms with Crippen molar-refractivity contribution >= 4 is 33.2 Å². The number of aromatic nitrogens is 2. The van der Waals surface area contributed by atoms with Crippen molar-refractivity contribution in [2.45, 2.75) is 25.5 Å². The summed E-state index contributed by atoms with van der Waals surface area (Å²) in [5.74, 6) is 0.0535. The van der Waals surface area contributed by atoms with Gasteiger partial charge in [-0.05, 0) is 24.6 Å². The number of carbonyl (C=O) groups excluding carboxylic acids is 1. The number of halogens is 1. The number of rotatable bonds is 6. The second-order valence-corrected chi connectivity index (χ2v) is 8.63. The van der Waals surface area contributed by atoms with Crippen LogP contribution in [0.2, 0.25) is 5.02 Å². The molecular formula is C17H21ClN4O4S. The average molecular weight is 413 g/mol. The Morgan fingerprint density at radius 3 is 2.96 bits per heavy atom. The molecule has 0 bridgehead atoms. The number of fused-ring (bicyclic) bond motifs is 1. The standard InChI is InChI=1S/C17H21ClN4O4S/c1-27(24,25)22-9-5-16(26-15-4-3-13(18)11-14(15)22)17(23)20-6-2-8-21-10-7-19-12-21/h3-4,7,10-12,16H,2,5-6,8-9H2,1H3,(H,20,23). The fraction of sp³-hybridized carbons (Fsp3) is 0.412. The van der Waals surface area contributed by atoms with E-state index in [-0.39, 0.29) is 18.9 Å². The highest BCUT2D eigenvalue weighted by Gasteiger charge is 2.31. The van der Waals surface area contributed by atoms with Gasteiger partial charge in [0.05, 0.1) is 18.3 Å². The molecule has 2 aromatic rings. The summed E-state index contributed by atoms with van der Waals surface area (Å²) in [6.45, 7) is 1.37. The first kappa shape index (κ1) is 19.5. The predicted molar refractivity (Wildman–Crippen MR) is 103 cm³/mol. The van der Waals surface area contributed by atoms with E-state index in [1.165, 1.54) is 10.4 Å². The molecule has 1 aromatic carbocycles. The third-order valence-corrected chi connectivity index (χ3v) is 5.61. The average Bonchev–Trinajstić information content (AvgIpc) is 3.04. The molecule has 1 N–H and O–H groups in total. The Labute approximate surface area is 163 Å². The number of sulfonamides is 1. The van der Waals surface area contributed by atoms with Crippen LogP contribution in [0.1, 0.15) is 12.8 Å². The normalized spacial score (nSPS) is 17.0. The monoisotopic (exact) mass is 412 g/mol. The number of nitrogens with zero attached hydrogens (tertiary/aromatic N) is 3. The number of amides is 1. The van der Waals surface area contributed by atoms with Crippen molar-refractivity contribution in [1.82, 2.24) is 14.9 Å². The summed E-state index contributed by atoms with van der Waals surface area (Å²) < 4.78 is 33.2. The largest absolute Gasteiger partial charge is 0.478 e. The predicted octanol–water partition coefficient (Wildman–Crippen LogP) is 1.66. The lowest BCUT2D eigenvalue weighted by atomic mass is 10.2. The number of anilines is 1. The molecule has 1 atom stereocenters. The van der Waals surface area contributed by atoms with Crippen LogP contribution in [-0.2, 0) is 21.4 Å². The summed E-state index contributed by atoms with van der Waals surface area (Å²) in [5, 5.41) is 3.24. The number of hydrogen-bond acceptors (Lipinski definition) is 5. The molecule has 1 unspecified atom stereocenters. The van der Waals surface area contributed by atoms with Crippen LogP contribution < -0.4 is 14.4 Å². The molecule has 3 rings (SSSR count). The molecule has 0 saturated heterocycles. The van der Waals surface area contributed by atoms with Crippen LogP contribution in [-0.4, -0.2) is 49.3 Å². The lowest BCUT2D eigenvalue weighted by Crippen LogP contribution is -2.40. The van der Waals surface area contributed by atoms with Crippen molar-refractivity contribution < 1.29 is 17.9 Å². The van der Waals surface area contributed by atoms with Crippen LogP contribution >= 0.6 is 11.6 Å². The smallest absolute Gasteiger partial charge is 0.261 e. The Bertz CT molecular complexity index is 902. The van der Waals surface area contributed by atoms with Gasteiger partial charge in [-0.15, -0.1) is 0 Å². The van der Waals surface area contributed by atoms with Crippen molar-refractivity contribution in [1.29, 1.82) is 0 Å². The molecule has 0 aliphatic carbocycles. The van der Waals surface area contributed by atoms with Gasteiger partial charge in [-0.3, -0.25) is 9.10 Å². The van der Waals surface area contributed by atoms with Gasteiger partial charge in [0, 0.05) is 43.5 Å². The van der Waals surface area contributed by atoms with Gasteiger partial charge < -0.3 is 14.6 Å². The Morgan fingerprint density at radius 2 is 2.26 bits per heavy atom. The van der Waals surface area contributed by atoms with Crippen LogP contribution in [0.4, 0.5) is 5.69 Å². The molecule has 0 saturated carbocycles. The summed E-state index contributed by atoms with van der Waals surface area (Å²) in [7, 11) is -3.52. The van der Waals surface area contributed by atoms with Crippen molar-refractivity contribution in [2.75, 3.05) is 23.7 Å². The number of imidazole rings is 1. The summed E-state index contributed by atoms with van der Waals surface area (Å²) in [5.41, 5.74) is 0.348. The molecule has 146 valence electrons. The fourth-order valence-electron chi connectivity index (χ4n) is 2.89. The highest BCUT2D eigenvalue weighted by molar-refractivity contribution is 7.92. The Morgan fingerprint density at radius 1 is 1.44 bits per heavy atom. The lowest BCUT2D eigenvalue weighted by molar-refractivity contribution is -0.128. The van der Waals surface area contributed by atoms with E-state index in [1.54, 1.807) is 24.7 Å². The fourth-order valence-corrected chi connectivity index (χ4v) is 3.99. The lowest BCUT2D eigenvalue weighted by Gasteiger charge is -2.21. The second kappa shape index (κ2) is 8.18.